The lowest BCUT2D eigenvalue weighted by Crippen LogP contribution is -2.45. The predicted molar refractivity (Wildman–Crippen MR) is 47.6 cm³/mol. The van der Waals surface area contributed by atoms with E-state index in [4.69, 9.17) is 15.3 Å². The van der Waals surface area contributed by atoms with E-state index in [1.807, 2.05) is 0 Å². The van der Waals surface area contributed by atoms with Crippen molar-refractivity contribution in [2.45, 2.75) is 25.5 Å². The van der Waals surface area contributed by atoms with Crippen LogP contribution in [-0.4, -0.2) is 57.9 Å². The van der Waals surface area contributed by atoms with Gasteiger partial charge in [-0.05, 0) is 6.92 Å². The third-order valence-corrected chi connectivity index (χ3v) is 1.79. The third kappa shape index (κ3) is 3.71. The van der Waals surface area contributed by atoms with Crippen molar-refractivity contribution >= 4 is 11.9 Å². The highest BCUT2D eigenvalue weighted by Gasteiger charge is 2.25. The number of hydrogen-bond donors (Lipinski definition) is 3. The molecule has 0 spiro atoms. The van der Waals surface area contributed by atoms with Gasteiger partial charge in [-0.3, -0.25) is 4.79 Å². The molecule has 2 atom stereocenters. The van der Waals surface area contributed by atoms with Crippen LogP contribution in [0.15, 0.2) is 0 Å². The molecule has 6 nitrogen and oxygen atoms in total. The van der Waals surface area contributed by atoms with Crippen LogP contribution >= 0.6 is 0 Å². The zero-order chi connectivity index (χ0) is 11.3. The molecule has 0 bridgehead atoms. The number of likely N-dealkylation sites (N-methyl/N-ethyl adjacent to an activating group) is 1. The van der Waals surface area contributed by atoms with Crippen LogP contribution in [0, 0.1) is 0 Å². The largest absolute Gasteiger partial charge is 0.480 e. The molecule has 0 heterocycles. The van der Waals surface area contributed by atoms with Gasteiger partial charge >= 0.3 is 5.97 Å². The zero-order valence-corrected chi connectivity index (χ0v) is 8.17. The zero-order valence-electron chi connectivity index (χ0n) is 8.17. The van der Waals surface area contributed by atoms with E-state index in [-0.39, 0.29) is 6.42 Å². The molecule has 0 aromatic rings. The van der Waals surface area contributed by atoms with E-state index in [1.54, 1.807) is 0 Å². The molecule has 14 heavy (non-hydrogen) atoms. The Kier molecular flexibility index (Phi) is 5.11. The lowest BCUT2D eigenvalue weighted by atomic mass is 10.2. The van der Waals surface area contributed by atoms with Gasteiger partial charge in [0.25, 0.3) is 0 Å². The average molecular weight is 205 g/mol. The van der Waals surface area contributed by atoms with Crippen LogP contribution in [0.2, 0.25) is 0 Å². The standard InChI is InChI=1S/C8H15NO5/c1-5(11)3-7(12)9(2)6(4-10)8(13)14/h5-6,10-11H,3-4H2,1-2H3,(H,13,14)/t5?,6-/m0/s1. The van der Waals surface area contributed by atoms with Crippen LogP contribution in [0.4, 0.5) is 0 Å². The van der Waals surface area contributed by atoms with E-state index >= 15 is 0 Å². The van der Waals surface area contributed by atoms with Crippen LogP contribution in [0.1, 0.15) is 13.3 Å². The van der Waals surface area contributed by atoms with Crippen LogP contribution in [-0.2, 0) is 9.59 Å². The molecule has 0 saturated heterocycles. The summed E-state index contributed by atoms with van der Waals surface area (Å²) in [4.78, 5) is 22.7. The Hall–Kier alpha value is -1.14. The van der Waals surface area contributed by atoms with E-state index in [9.17, 15) is 9.59 Å². The fourth-order valence-corrected chi connectivity index (χ4v) is 0.937. The number of carboxylic acids is 1. The number of aliphatic hydroxyl groups is 2. The third-order valence-electron chi connectivity index (χ3n) is 1.79. The maximum atomic E-state index is 11.2. The molecule has 6 heteroatoms. The second kappa shape index (κ2) is 5.56. The lowest BCUT2D eigenvalue weighted by molar-refractivity contribution is -0.151. The first-order valence-electron chi connectivity index (χ1n) is 4.17. The minimum atomic E-state index is -1.27. The van der Waals surface area contributed by atoms with Crippen LogP contribution in [0.25, 0.3) is 0 Å². The summed E-state index contributed by atoms with van der Waals surface area (Å²) in [7, 11) is 1.28. The Bertz CT molecular complexity index is 216. The Morgan fingerprint density at radius 1 is 1.43 bits per heavy atom. The first kappa shape index (κ1) is 12.9. The summed E-state index contributed by atoms with van der Waals surface area (Å²) >= 11 is 0. The summed E-state index contributed by atoms with van der Waals surface area (Å²) in [5, 5.41) is 26.2. The molecule has 82 valence electrons. The highest BCUT2D eigenvalue weighted by molar-refractivity contribution is 5.83. The van der Waals surface area contributed by atoms with Crippen molar-refractivity contribution in [3.05, 3.63) is 0 Å². The normalized spacial score (nSPS) is 14.6. The van der Waals surface area contributed by atoms with E-state index in [2.05, 4.69) is 0 Å². The summed E-state index contributed by atoms with van der Waals surface area (Å²) in [5.41, 5.74) is 0. The summed E-state index contributed by atoms with van der Waals surface area (Å²) in [5.74, 6) is -1.78. The highest BCUT2D eigenvalue weighted by Crippen LogP contribution is 2.01. The SMILES string of the molecule is CC(O)CC(=O)N(C)[C@@H](CO)C(=O)O. The number of hydrogen-bond acceptors (Lipinski definition) is 4. The first-order chi connectivity index (χ1) is 6.40. The van der Waals surface area contributed by atoms with E-state index in [1.165, 1.54) is 14.0 Å². The molecule has 0 radical (unpaired) electrons. The van der Waals surface area contributed by atoms with E-state index < -0.39 is 30.6 Å². The van der Waals surface area contributed by atoms with Gasteiger partial charge in [-0.25, -0.2) is 4.79 Å². The van der Waals surface area contributed by atoms with Crippen molar-refractivity contribution in [3.63, 3.8) is 0 Å². The van der Waals surface area contributed by atoms with Crippen molar-refractivity contribution in [1.29, 1.82) is 0 Å². The quantitative estimate of drug-likeness (QED) is 0.516. The van der Waals surface area contributed by atoms with Crippen molar-refractivity contribution in [3.8, 4) is 0 Å². The molecule has 3 N–H and O–H groups in total. The Morgan fingerprint density at radius 2 is 1.93 bits per heavy atom. The van der Waals surface area contributed by atoms with Gasteiger partial charge in [0.2, 0.25) is 5.91 Å². The van der Waals surface area contributed by atoms with Gasteiger partial charge in [-0.15, -0.1) is 0 Å². The number of aliphatic hydroxyl groups excluding tert-OH is 2. The summed E-state index contributed by atoms with van der Waals surface area (Å²) in [6, 6.07) is -1.25. The van der Waals surface area contributed by atoms with Crippen molar-refractivity contribution in [2.24, 2.45) is 0 Å². The Morgan fingerprint density at radius 3 is 2.21 bits per heavy atom. The van der Waals surface area contributed by atoms with Gasteiger partial charge in [0, 0.05) is 7.05 Å². The van der Waals surface area contributed by atoms with Crippen LogP contribution in [0.3, 0.4) is 0 Å². The van der Waals surface area contributed by atoms with Gasteiger partial charge in [0.1, 0.15) is 0 Å². The fraction of sp³-hybridized carbons (Fsp3) is 0.750. The molecule has 0 aromatic heterocycles. The van der Waals surface area contributed by atoms with Gasteiger partial charge in [-0.1, -0.05) is 0 Å². The molecule has 0 fully saturated rings. The van der Waals surface area contributed by atoms with Gasteiger partial charge in [0.05, 0.1) is 19.1 Å². The van der Waals surface area contributed by atoms with Crippen molar-refractivity contribution in [1.82, 2.24) is 4.90 Å². The second-order valence-electron chi connectivity index (χ2n) is 3.09. The molecule has 0 aliphatic heterocycles. The summed E-state index contributed by atoms with van der Waals surface area (Å²) < 4.78 is 0. The molecule has 0 rings (SSSR count). The van der Waals surface area contributed by atoms with Crippen LogP contribution in [0.5, 0.6) is 0 Å². The van der Waals surface area contributed by atoms with Gasteiger partial charge in [-0.2, -0.15) is 0 Å². The molecular formula is C8H15NO5. The predicted octanol–water partition coefficient (Wildman–Crippen LogP) is -1.34. The molecule has 1 amide bonds. The molecule has 0 saturated carbocycles. The molecule has 1 unspecified atom stereocenters. The minimum Gasteiger partial charge on any atom is -0.480 e. The smallest absolute Gasteiger partial charge is 0.328 e. The van der Waals surface area contributed by atoms with E-state index in [0.717, 1.165) is 4.90 Å². The number of carbonyl (C=O) groups is 2. The van der Waals surface area contributed by atoms with E-state index in [0.29, 0.717) is 0 Å². The van der Waals surface area contributed by atoms with Gasteiger partial charge < -0.3 is 20.2 Å². The lowest BCUT2D eigenvalue weighted by Gasteiger charge is -2.23. The van der Waals surface area contributed by atoms with Gasteiger partial charge in [0.15, 0.2) is 6.04 Å². The molecule has 0 aliphatic rings. The van der Waals surface area contributed by atoms with Crippen molar-refractivity contribution in [2.75, 3.05) is 13.7 Å². The number of amides is 1. The summed E-state index contributed by atoms with van der Waals surface area (Å²) in [6.45, 7) is 0.790. The average Bonchev–Trinajstić information content (AvgIpc) is 2.03. The maximum Gasteiger partial charge on any atom is 0.328 e. The van der Waals surface area contributed by atoms with Crippen LogP contribution < -0.4 is 0 Å². The minimum absolute atomic E-state index is 0.152. The molecule has 0 aliphatic carbocycles. The second-order valence-corrected chi connectivity index (χ2v) is 3.09. The number of aliphatic carboxylic acids is 1. The number of rotatable bonds is 5. The van der Waals surface area contributed by atoms with Crippen molar-refractivity contribution < 1.29 is 24.9 Å². The number of nitrogens with zero attached hydrogens (tertiary/aromatic N) is 1. The highest BCUT2D eigenvalue weighted by atomic mass is 16.4. The maximum absolute atomic E-state index is 11.2. The molecule has 0 aromatic carbocycles. The first-order valence-corrected chi connectivity index (χ1v) is 4.17. The molecular weight excluding hydrogens is 190 g/mol. The Balaban J connectivity index is 4.34. The fourth-order valence-electron chi connectivity index (χ4n) is 0.937. The summed E-state index contributed by atoms with van der Waals surface area (Å²) in [6.07, 6.45) is -0.974. The monoisotopic (exact) mass is 205 g/mol. The topological polar surface area (TPSA) is 98.1 Å². The number of carbonyl (C=O) groups excluding carboxylic acids is 1. The number of carboxylic acid groups (broad SMARTS) is 1. The Labute approximate surface area is 81.8 Å².